The van der Waals surface area contributed by atoms with E-state index in [4.69, 9.17) is 16.3 Å². The third-order valence-corrected chi connectivity index (χ3v) is 7.94. The Hall–Kier alpha value is -3.43. The number of hydrazone groups is 1. The first-order valence-electron chi connectivity index (χ1n) is 12.3. The smallest absolute Gasteiger partial charge is 0.362 e. The molecule has 2 aliphatic heterocycles. The Morgan fingerprint density at radius 3 is 2.70 bits per heavy atom. The summed E-state index contributed by atoms with van der Waals surface area (Å²) in [6.07, 6.45) is 2.14. The number of anilines is 1. The molecule has 2 amide bonds. The fourth-order valence-corrected chi connectivity index (χ4v) is 5.39. The van der Waals surface area contributed by atoms with E-state index in [1.807, 2.05) is 0 Å². The van der Waals surface area contributed by atoms with E-state index in [0.717, 1.165) is 36.4 Å². The Balaban J connectivity index is 1.47. The molecule has 2 atom stereocenters. The van der Waals surface area contributed by atoms with Gasteiger partial charge in [-0.05, 0) is 25.9 Å². The monoisotopic (exact) mass is 602 g/mol. The molecular weight excluding hydrogens is 572 g/mol. The first-order valence-corrected chi connectivity index (χ1v) is 14.5. The van der Waals surface area contributed by atoms with Crippen molar-refractivity contribution in [3.05, 3.63) is 11.1 Å². The third kappa shape index (κ3) is 6.64. The largest absolute Gasteiger partial charge is 0.478 e. The van der Waals surface area contributed by atoms with E-state index < -0.39 is 51.5 Å². The van der Waals surface area contributed by atoms with Gasteiger partial charge in [0.2, 0.25) is 5.60 Å². The fourth-order valence-electron chi connectivity index (χ4n) is 3.97. The average Bonchev–Trinajstić information content (AvgIpc) is 3.36. The van der Waals surface area contributed by atoms with Crippen LogP contribution in [0.15, 0.2) is 15.6 Å². The Kier molecular flexibility index (Phi) is 8.85. The second kappa shape index (κ2) is 12.0. The molecule has 1 aliphatic carbocycles. The second-order valence-electron chi connectivity index (χ2n) is 9.29. The summed E-state index contributed by atoms with van der Waals surface area (Å²) in [5.74, 6) is -3.34. The van der Waals surface area contributed by atoms with Crippen LogP contribution in [0.5, 0.6) is 0 Å². The van der Waals surface area contributed by atoms with Crippen LogP contribution < -0.4 is 27.5 Å². The van der Waals surface area contributed by atoms with Gasteiger partial charge in [-0.25, -0.2) is 24.6 Å². The van der Waals surface area contributed by atoms with Crippen LogP contribution >= 0.6 is 11.3 Å². The van der Waals surface area contributed by atoms with Crippen molar-refractivity contribution in [3.8, 4) is 0 Å². The van der Waals surface area contributed by atoms with E-state index in [1.54, 1.807) is 0 Å². The highest BCUT2D eigenvalue weighted by molar-refractivity contribution is 7.84. The normalized spacial score (nSPS) is 22.1. The molecule has 3 heterocycles. The first kappa shape index (κ1) is 29.6. The van der Waals surface area contributed by atoms with Crippen LogP contribution in [0, 0.1) is 0 Å². The number of nitrogens with zero attached hydrogens (tertiary/aromatic N) is 5. The summed E-state index contributed by atoms with van der Waals surface area (Å²) < 4.78 is 33.7. The molecule has 3 aliphatic rings. The van der Waals surface area contributed by atoms with Gasteiger partial charge >= 0.3 is 16.3 Å². The van der Waals surface area contributed by atoms with Gasteiger partial charge in [0, 0.05) is 24.8 Å². The number of hydrazine groups is 1. The summed E-state index contributed by atoms with van der Waals surface area (Å²) in [5.41, 5.74) is 12.7. The predicted octanol–water partition coefficient (Wildman–Crippen LogP) is -2.93. The molecule has 0 aromatic carbocycles. The number of aliphatic carboxylic acids is 1. The summed E-state index contributed by atoms with van der Waals surface area (Å²) in [4.78, 5) is 46.5. The number of thiazole rings is 1. The first-order chi connectivity index (χ1) is 18.9. The molecule has 0 spiro atoms. The molecule has 0 bridgehead atoms. The number of carboxylic acid groups (broad SMARTS) is 1. The van der Waals surface area contributed by atoms with Gasteiger partial charge < -0.3 is 32.0 Å². The maximum absolute atomic E-state index is 13.2. The predicted molar refractivity (Wildman–Crippen MR) is 141 cm³/mol. The second-order valence-corrected chi connectivity index (χ2v) is 11.5. The molecule has 4 rings (SSSR count). The van der Waals surface area contributed by atoms with Crippen molar-refractivity contribution in [1.82, 2.24) is 30.5 Å². The highest BCUT2D eigenvalue weighted by atomic mass is 32.2. The molecular formula is C20H30N10O8S2. The number of amides is 2. The number of carbonyl (C=O) groups excluding carboxylic acids is 2. The van der Waals surface area contributed by atoms with Gasteiger partial charge in [-0.2, -0.15) is 13.5 Å². The molecule has 40 heavy (non-hydrogen) atoms. The number of unbranched alkanes of at least 4 members (excludes halogenated alkanes) is 1. The van der Waals surface area contributed by atoms with E-state index in [9.17, 15) is 32.5 Å². The van der Waals surface area contributed by atoms with Crippen LogP contribution in [-0.2, 0) is 29.5 Å². The van der Waals surface area contributed by atoms with E-state index in [-0.39, 0.29) is 34.5 Å². The molecule has 0 radical (unpaired) electrons. The van der Waals surface area contributed by atoms with Gasteiger partial charge in [0.05, 0.1) is 18.8 Å². The summed E-state index contributed by atoms with van der Waals surface area (Å²) in [6.45, 7) is 1.96. The summed E-state index contributed by atoms with van der Waals surface area (Å²) in [6, 6.07) is -2.64. The van der Waals surface area contributed by atoms with Crippen LogP contribution in [0.3, 0.4) is 0 Å². The maximum Gasteiger partial charge on any atom is 0.362 e. The molecule has 9 N–H and O–H groups in total. The molecule has 18 nitrogen and oxygen atoms in total. The number of nitrogens with one attached hydrogen (secondary N) is 3. The number of hydrogen-bond donors (Lipinski definition) is 7. The average molecular weight is 603 g/mol. The molecule has 1 aromatic heterocycles. The molecule has 2 fully saturated rings. The Morgan fingerprint density at radius 2 is 2.10 bits per heavy atom. The lowest BCUT2D eigenvalue weighted by molar-refractivity contribution is -0.153. The number of nitrogen functional groups attached to an aromatic ring is 1. The minimum absolute atomic E-state index is 0.0365. The molecule has 0 unspecified atom stereocenters. The van der Waals surface area contributed by atoms with Gasteiger partial charge in [0.1, 0.15) is 17.8 Å². The molecule has 20 heteroatoms. The Morgan fingerprint density at radius 1 is 1.35 bits per heavy atom. The Bertz CT molecular complexity index is 1310. The quantitative estimate of drug-likeness (QED) is 0.0348. The van der Waals surface area contributed by atoms with Crippen molar-refractivity contribution in [2.75, 3.05) is 38.5 Å². The lowest BCUT2D eigenvalue weighted by Crippen LogP contribution is -2.74. The highest BCUT2D eigenvalue weighted by Crippen LogP contribution is 2.40. The van der Waals surface area contributed by atoms with Gasteiger partial charge in [-0.1, -0.05) is 5.16 Å². The molecule has 1 saturated heterocycles. The highest BCUT2D eigenvalue weighted by Gasteiger charge is 2.56. The maximum atomic E-state index is 13.2. The number of hydrogen-bond acceptors (Lipinski definition) is 15. The van der Waals surface area contributed by atoms with E-state index in [2.05, 4.69) is 31.3 Å². The topological polar surface area (TPSA) is 267 Å². The summed E-state index contributed by atoms with van der Waals surface area (Å²) >= 11 is 0.986. The fraction of sp³-hybridized carbons (Fsp3) is 0.600. The minimum Gasteiger partial charge on any atom is -0.478 e. The number of nitrogens with two attached hydrogens (primary N) is 2. The standard InChI is InChI=1S/C20H30N10O8S2/c21-5-1-2-6-23-7-11-8-24-29(27-11)9-13-15(17(32)30(13)40(35,36)37)26-16(31)14(12-10-39-19(22)25-12)28-38-20(3-4-20)18(33)34/h10,13,15,23-24H,1-9,21H2,(H2,22,25)(H,26,31)(H,33,34)(H,35,36,37)/b28-14-/t13-,15+/m1/s1. The molecule has 1 saturated carbocycles. The Labute approximate surface area is 232 Å². The van der Waals surface area contributed by atoms with E-state index in [0.29, 0.717) is 19.6 Å². The number of β-lactam (4-membered cyclic amide) rings is 1. The van der Waals surface area contributed by atoms with Crippen LogP contribution in [0.4, 0.5) is 5.13 Å². The lowest BCUT2D eigenvalue weighted by atomic mass is 9.98. The van der Waals surface area contributed by atoms with Crippen molar-refractivity contribution in [2.45, 2.75) is 43.4 Å². The van der Waals surface area contributed by atoms with Gasteiger partial charge in [0.15, 0.2) is 10.8 Å². The number of carbonyl (C=O) groups is 3. The van der Waals surface area contributed by atoms with Gasteiger partial charge in [-0.3, -0.25) is 14.1 Å². The number of aromatic nitrogens is 1. The van der Waals surface area contributed by atoms with Crippen LogP contribution in [0.1, 0.15) is 31.4 Å². The zero-order valence-electron chi connectivity index (χ0n) is 21.1. The molecule has 1 aromatic rings. The minimum atomic E-state index is -4.95. The van der Waals surface area contributed by atoms with Crippen LogP contribution in [0.25, 0.3) is 0 Å². The third-order valence-electron chi connectivity index (χ3n) is 6.31. The van der Waals surface area contributed by atoms with Crippen molar-refractivity contribution in [3.63, 3.8) is 0 Å². The van der Waals surface area contributed by atoms with Gasteiger partial charge in [0.25, 0.3) is 11.8 Å². The molecule has 220 valence electrons. The van der Waals surface area contributed by atoms with E-state index in [1.165, 1.54) is 10.5 Å². The zero-order chi connectivity index (χ0) is 29.1. The van der Waals surface area contributed by atoms with Crippen molar-refractivity contribution >= 4 is 56.0 Å². The zero-order valence-corrected chi connectivity index (χ0v) is 22.8. The lowest BCUT2D eigenvalue weighted by Gasteiger charge is -2.44. The van der Waals surface area contributed by atoms with Crippen molar-refractivity contribution in [1.29, 1.82) is 0 Å². The SMILES string of the molecule is NCCCCNCC1=NN(C[C@@H]2[C@H](NC(=O)/C(=N\OC3(C(=O)O)CC3)c3csc(N)n3)C(=O)N2S(=O)(=O)O)NC1. The van der Waals surface area contributed by atoms with Crippen molar-refractivity contribution < 1.29 is 37.3 Å². The van der Waals surface area contributed by atoms with E-state index >= 15 is 0 Å². The van der Waals surface area contributed by atoms with Gasteiger partial charge in [-0.15, -0.1) is 11.3 Å². The summed E-state index contributed by atoms with van der Waals surface area (Å²) in [5, 5.41) is 25.8. The summed E-state index contributed by atoms with van der Waals surface area (Å²) in [7, 11) is -4.95. The van der Waals surface area contributed by atoms with Crippen LogP contribution in [-0.4, -0.2) is 112 Å². The van der Waals surface area contributed by atoms with Crippen LogP contribution in [0.2, 0.25) is 0 Å². The van der Waals surface area contributed by atoms with Crippen molar-refractivity contribution in [2.24, 2.45) is 16.0 Å². The number of rotatable bonds is 15. The number of carboxylic acids is 1. The number of oxime groups is 1.